The summed E-state index contributed by atoms with van der Waals surface area (Å²) in [7, 11) is 0. The minimum atomic E-state index is -0.532. The number of piperazine rings is 1. The SMILES string of the molecule is C/C(=C/C(=O)N1CCN(Cc2ccc3c(N)ncnc3c2)C(=O)C1C)c1ccc(Cl)s1. The lowest BCUT2D eigenvalue weighted by Gasteiger charge is -2.38. The summed E-state index contributed by atoms with van der Waals surface area (Å²) >= 11 is 7.41. The molecule has 1 aliphatic heterocycles. The van der Waals surface area contributed by atoms with Gasteiger partial charge in [-0.15, -0.1) is 11.3 Å². The van der Waals surface area contributed by atoms with Crippen LogP contribution in [-0.2, 0) is 16.1 Å². The van der Waals surface area contributed by atoms with Crippen LogP contribution in [0.5, 0.6) is 0 Å². The van der Waals surface area contributed by atoms with Crippen molar-refractivity contribution < 1.29 is 9.59 Å². The predicted octanol–water partition coefficient (Wildman–Crippen LogP) is 3.59. The highest BCUT2D eigenvalue weighted by Crippen LogP contribution is 2.28. The zero-order valence-corrected chi connectivity index (χ0v) is 18.8. The van der Waals surface area contributed by atoms with Crippen molar-refractivity contribution in [1.29, 1.82) is 0 Å². The maximum Gasteiger partial charge on any atom is 0.247 e. The van der Waals surface area contributed by atoms with Crippen LogP contribution in [0.15, 0.2) is 42.7 Å². The van der Waals surface area contributed by atoms with Crippen molar-refractivity contribution in [3.05, 3.63) is 57.5 Å². The van der Waals surface area contributed by atoms with Crippen LogP contribution < -0.4 is 5.73 Å². The van der Waals surface area contributed by atoms with E-state index in [4.69, 9.17) is 17.3 Å². The molecule has 4 rings (SSSR count). The first-order valence-corrected chi connectivity index (χ1v) is 11.1. The van der Waals surface area contributed by atoms with Crippen LogP contribution in [0.2, 0.25) is 4.34 Å². The first kappa shape index (κ1) is 21.3. The Bertz CT molecular complexity index is 1190. The topological polar surface area (TPSA) is 92.4 Å². The van der Waals surface area contributed by atoms with E-state index in [9.17, 15) is 9.59 Å². The third kappa shape index (κ3) is 4.40. The Morgan fingerprint density at radius 1 is 1.29 bits per heavy atom. The third-order valence-electron chi connectivity index (χ3n) is 5.44. The fourth-order valence-corrected chi connectivity index (χ4v) is 4.71. The number of nitrogen functional groups attached to an aromatic ring is 1. The molecule has 160 valence electrons. The summed E-state index contributed by atoms with van der Waals surface area (Å²) in [5, 5.41) is 0.788. The van der Waals surface area contributed by atoms with E-state index in [1.165, 1.54) is 17.7 Å². The summed E-state index contributed by atoms with van der Waals surface area (Å²) in [4.78, 5) is 38.4. The number of allylic oxidation sites excluding steroid dienone is 1. The van der Waals surface area contributed by atoms with Crippen molar-refractivity contribution in [1.82, 2.24) is 19.8 Å². The molecular weight excluding hydrogens is 434 g/mol. The van der Waals surface area contributed by atoms with Gasteiger partial charge in [0.2, 0.25) is 11.8 Å². The van der Waals surface area contributed by atoms with Gasteiger partial charge in [0.25, 0.3) is 0 Å². The Morgan fingerprint density at radius 2 is 2.10 bits per heavy atom. The number of hydrogen-bond donors (Lipinski definition) is 1. The lowest BCUT2D eigenvalue weighted by molar-refractivity contribution is -0.148. The molecule has 9 heteroatoms. The number of carbonyl (C=O) groups is 2. The molecule has 2 aromatic heterocycles. The molecule has 3 heterocycles. The van der Waals surface area contributed by atoms with Crippen LogP contribution in [0.25, 0.3) is 16.5 Å². The number of hydrogen-bond acceptors (Lipinski definition) is 6. The number of carbonyl (C=O) groups excluding carboxylic acids is 2. The molecule has 3 aromatic rings. The zero-order chi connectivity index (χ0) is 22.1. The van der Waals surface area contributed by atoms with E-state index in [-0.39, 0.29) is 11.8 Å². The number of aromatic nitrogens is 2. The number of benzene rings is 1. The van der Waals surface area contributed by atoms with E-state index in [0.29, 0.717) is 29.8 Å². The molecule has 1 unspecified atom stereocenters. The van der Waals surface area contributed by atoms with Gasteiger partial charge in [-0.2, -0.15) is 0 Å². The molecule has 1 aliphatic rings. The quantitative estimate of drug-likeness (QED) is 0.607. The highest BCUT2D eigenvalue weighted by Gasteiger charge is 2.33. The summed E-state index contributed by atoms with van der Waals surface area (Å²) in [6.45, 7) is 5.04. The van der Waals surface area contributed by atoms with Crippen molar-refractivity contribution in [2.75, 3.05) is 18.8 Å². The van der Waals surface area contributed by atoms with E-state index in [1.807, 2.05) is 31.2 Å². The number of thiophene rings is 1. The van der Waals surface area contributed by atoms with Crippen LogP contribution in [0.4, 0.5) is 5.82 Å². The molecule has 1 fully saturated rings. The van der Waals surface area contributed by atoms with Gasteiger partial charge in [-0.25, -0.2) is 9.97 Å². The minimum absolute atomic E-state index is 0.0767. The van der Waals surface area contributed by atoms with E-state index >= 15 is 0 Å². The third-order valence-corrected chi connectivity index (χ3v) is 6.80. The Morgan fingerprint density at radius 3 is 2.84 bits per heavy atom. The van der Waals surface area contributed by atoms with E-state index in [2.05, 4.69) is 9.97 Å². The molecule has 31 heavy (non-hydrogen) atoms. The summed E-state index contributed by atoms with van der Waals surface area (Å²) < 4.78 is 0.676. The van der Waals surface area contributed by atoms with Crippen molar-refractivity contribution in [2.24, 2.45) is 0 Å². The van der Waals surface area contributed by atoms with Crippen LogP contribution in [-0.4, -0.2) is 50.7 Å². The lowest BCUT2D eigenvalue weighted by Crippen LogP contribution is -2.56. The average molecular weight is 456 g/mol. The van der Waals surface area contributed by atoms with Gasteiger partial charge in [0, 0.05) is 36.0 Å². The predicted molar refractivity (Wildman–Crippen MR) is 124 cm³/mol. The summed E-state index contributed by atoms with van der Waals surface area (Å²) in [6.07, 6.45) is 3.01. The Hall–Kier alpha value is -2.97. The number of fused-ring (bicyclic) bond motifs is 1. The minimum Gasteiger partial charge on any atom is -0.383 e. The van der Waals surface area contributed by atoms with Gasteiger partial charge in [0.15, 0.2) is 0 Å². The number of anilines is 1. The van der Waals surface area contributed by atoms with Gasteiger partial charge in [-0.1, -0.05) is 17.7 Å². The van der Waals surface area contributed by atoms with Gasteiger partial charge >= 0.3 is 0 Å². The number of nitrogens with zero attached hydrogens (tertiary/aromatic N) is 4. The second kappa shape index (κ2) is 8.64. The maximum absolute atomic E-state index is 13.0. The summed E-state index contributed by atoms with van der Waals surface area (Å²) in [6, 6.07) is 8.88. The van der Waals surface area contributed by atoms with Crippen molar-refractivity contribution in [3.63, 3.8) is 0 Å². The standard InChI is InChI=1S/C22H22ClN5O2S/c1-13(18-5-6-19(23)31-18)9-20(29)28-8-7-27(22(30)14(28)2)11-15-3-4-16-17(10-15)25-12-26-21(16)24/h3-6,9-10,12,14H,7-8,11H2,1-2H3,(H2,24,25,26)/b13-9-. The highest BCUT2D eigenvalue weighted by atomic mass is 35.5. The molecule has 1 atom stereocenters. The highest BCUT2D eigenvalue weighted by molar-refractivity contribution is 7.17. The molecule has 7 nitrogen and oxygen atoms in total. The van der Waals surface area contributed by atoms with Crippen LogP contribution >= 0.6 is 22.9 Å². The molecule has 1 saturated heterocycles. The Kier molecular flexibility index (Phi) is 5.93. The summed E-state index contributed by atoms with van der Waals surface area (Å²) in [5.74, 6) is 0.189. The maximum atomic E-state index is 13.0. The van der Waals surface area contributed by atoms with Crippen LogP contribution in [0.3, 0.4) is 0 Å². The van der Waals surface area contributed by atoms with Gasteiger partial charge in [-0.05, 0) is 49.2 Å². The molecule has 0 saturated carbocycles. The Labute approximate surface area is 189 Å². The largest absolute Gasteiger partial charge is 0.383 e. The fourth-order valence-electron chi connectivity index (χ4n) is 3.70. The molecule has 0 aliphatic carbocycles. The Balaban J connectivity index is 1.45. The van der Waals surface area contributed by atoms with E-state index in [0.717, 1.165) is 26.9 Å². The lowest BCUT2D eigenvalue weighted by atomic mass is 10.1. The second-order valence-corrected chi connectivity index (χ2v) is 9.22. The van der Waals surface area contributed by atoms with Gasteiger partial charge in [-0.3, -0.25) is 9.59 Å². The number of amides is 2. The van der Waals surface area contributed by atoms with Crippen LogP contribution in [0, 0.1) is 0 Å². The van der Waals surface area contributed by atoms with E-state index < -0.39 is 6.04 Å². The van der Waals surface area contributed by atoms with Crippen molar-refractivity contribution in [3.8, 4) is 0 Å². The summed E-state index contributed by atoms with van der Waals surface area (Å²) in [5.41, 5.74) is 8.42. The number of halogens is 1. The molecule has 2 N–H and O–H groups in total. The second-order valence-electron chi connectivity index (χ2n) is 7.51. The molecule has 0 radical (unpaired) electrons. The normalized spacial score (nSPS) is 17.5. The van der Waals surface area contributed by atoms with Crippen molar-refractivity contribution in [2.45, 2.75) is 26.4 Å². The van der Waals surface area contributed by atoms with Gasteiger partial charge < -0.3 is 15.5 Å². The number of rotatable bonds is 4. The molecule has 0 spiro atoms. The number of nitrogens with two attached hydrogens (primary N) is 1. The fraction of sp³-hybridized carbons (Fsp3) is 0.273. The smallest absolute Gasteiger partial charge is 0.247 e. The van der Waals surface area contributed by atoms with Gasteiger partial charge in [0.1, 0.15) is 18.2 Å². The van der Waals surface area contributed by atoms with Gasteiger partial charge in [0.05, 0.1) is 9.85 Å². The molecule has 1 aromatic carbocycles. The van der Waals surface area contributed by atoms with E-state index in [1.54, 1.807) is 28.9 Å². The monoisotopic (exact) mass is 455 g/mol. The van der Waals surface area contributed by atoms with Crippen molar-refractivity contribution >= 4 is 57.0 Å². The molecular formula is C22H22ClN5O2S. The van der Waals surface area contributed by atoms with Crippen LogP contribution in [0.1, 0.15) is 24.3 Å². The molecule has 2 amide bonds. The molecule has 0 bridgehead atoms. The first-order valence-electron chi connectivity index (χ1n) is 9.86. The zero-order valence-electron chi connectivity index (χ0n) is 17.2. The first-order chi connectivity index (χ1) is 14.8. The average Bonchev–Trinajstić information content (AvgIpc) is 3.18.